The number of amides is 4. The van der Waals surface area contributed by atoms with Gasteiger partial charge in [-0.1, -0.05) is 64.1 Å². The van der Waals surface area contributed by atoms with Crippen LogP contribution >= 0.6 is 0 Å². The number of carbonyl (C=O) groups is 4. The Morgan fingerprint density at radius 2 is 1.44 bits per heavy atom. The number of hydrogen-bond acceptors (Lipinski definition) is 7. The number of nitrogens with one attached hydrogen (secondary N) is 4. The molecule has 4 heterocycles. The number of fused-ring (bicyclic) bond motifs is 1. The van der Waals surface area contributed by atoms with Gasteiger partial charge in [-0.05, 0) is 95.7 Å². The highest BCUT2D eigenvalue weighted by atomic mass is 16.5. The number of hydrogen-bond donors (Lipinski definition) is 4. The fourth-order valence-corrected chi connectivity index (χ4v) is 8.34. The number of ether oxygens (including phenoxy) is 1. The smallest absolute Gasteiger partial charge is 0.407 e. The van der Waals surface area contributed by atoms with Gasteiger partial charge in [-0.2, -0.15) is 0 Å². The first-order valence-electron chi connectivity index (χ1n) is 19.9. The molecule has 0 aliphatic carbocycles. The predicted molar refractivity (Wildman–Crippen MR) is 219 cm³/mol. The predicted octanol–water partition coefficient (Wildman–Crippen LogP) is 7.07. The third-order valence-electron chi connectivity index (χ3n) is 11.5. The average Bonchev–Trinajstić information content (AvgIpc) is 4.04. The van der Waals surface area contributed by atoms with Crippen molar-refractivity contribution in [1.82, 2.24) is 40.4 Å². The SMILES string of the molecule is COC(=O)N[C@H](C(=O)N1CCC[C@H]1c1ncc(-c2ccc(-c3ccc4cc(-c5c[nH]c([C@@H]6CCCN6C(=O)[C@@H](NC=O)C(C)C)n5)ccc4c3)c(C)c2)[nH]1)C(C)C. The van der Waals surface area contributed by atoms with E-state index < -0.39 is 18.2 Å². The van der Waals surface area contributed by atoms with Gasteiger partial charge in [0.05, 0.1) is 36.8 Å². The molecule has 0 radical (unpaired) electrons. The van der Waals surface area contributed by atoms with Crippen molar-refractivity contribution in [1.29, 1.82) is 0 Å². The lowest BCUT2D eigenvalue weighted by atomic mass is 9.95. The Bertz CT molecular complexity index is 2280. The lowest BCUT2D eigenvalue weighted by Gasteiger charge is -2.30. The zero-order valence-corrected chi connectivity index (χ0v) is 33.5. The molecule has 2 aliphatic heterocycles. The first-order valence-corrected chi connectivity index (χ1v) is 19.9. The molecule has 2 aliphatic rings. The van der Waals surface area contributed by atoms with Crippen molar-refractivity contribution in [2.24, 2.45) is 11.8 Å². The van der Waals surface area contributed by atoms with Gasteiger partial charge < -0.3 is 35.1 Å². The number of benzene rings is 3. The molecule has 2 aromatic heterocycles. The van der Waals surface area contributed by atoms with Gasteiger partial charge in [0.1, 0.15) is 23.7 Å². The van der Waals surface area contributed by atoms with E-state index in [-0.39, 0.29) is 35.7 Å². The summed E-state index contributed by atoms with van der Waals surface area (Å²) in [6.45, 7) is 11.0. The van der Waals surface area contributed by atoms with Crippen molar-refractivity contribution in [3.63, 3.8) is 0 Å². The second-order valence-corrected chi connectivity index (χ2v) is 15.9. The molecule has 3 aromatic carbocycles. The molecule has 2 saturated heterocycles. The molecule has 4 N–H and O–H groups in total. The van der Waals surface area contributed by atoms with Crippen molar-refractivity contribution in [3.8, 4) is 33.6 Å². The van der Waals surface area contributed by atoms with Crippen LogP contribution in [0, 0.1) is 18.8 Å². The molecule has 7 rings (SSSR count). The monoisotopic (exact) mass is 772 g/mol. The number of aryl methyl sites for hydroxylation is 1. The highest BCUT2D eigenvalue weighted by Gasteiger charge is 2.38. The lowest BCUT2D eigenvalue weighted by molar-refractivity contribution is -0.137. The molecular formula is C44H52N8O5. The molecule has 13 heteroatoms. The van der Waals surface area contributed by atoms with Crippen molar-refractivity contribution in [2.45, 2.75) is 84.5 Å². The molecule has 0 saturated carbocycles. The third-order valence-corrected chi connectivity index (χ3v) is 11.5. The lowest BCUT2D eigenvalue weighted by Crippen LogP contribution is -2.51. The van der Waals surface area contributed by atoms with Crippen molar-refractivity contribution in [2.75, 3.05) is 20.2 Å². The molecular weight excluding hydrogens is 721 g/mol. The summed E-state index contributed by atoms with van der Waals surface area (Å²) >= 11 is 0. The maximum absolute atomic E-state index is 13.6. The minimum absolute atomic E-state index is 0.0217. The van der Waals surface area contributed by atoms with Crippen molar-refractivity contribution in [3.05, 3.63) is 84.2 Å². The standard InChI is InChI=1S/C44H52N8O5/c1-25(2)38(47-24-53)42(54)51-17-7-9-36(51)40-46-23-35(49-40)32-14-12-28-20-30(13-11-29(28)21-32)33-16-15-31(19-27(33)5)34-22-45-41(48-34)37-10-8-18-52(37)43(55)39(26(3)4)50-44(56)57-6/h11-16,19-26,36-39H,7-10,17-18H2,1-6H3,(H,45,48)(H,46,49)(H,47,53)(H,50,56)/t36-,37-,38-,39-/m0/s1. The number of aromatic amines is 2. The number of rotatable bonds is 12. The highest BCUT2D eigenvalue weighted by Crippen LogP contribution is 2.36. The number of methoxy groups -OCH3 is 1. The molecule has 0 bridgehead atoms. The minimum Gasteiger partial charge on any atom is -0.453 e. The van der Waals surface area contributed by atoms with Crippen LogP contribution in [0.25, 0.3) is 44.4 Å². The molecule has 4 amide bonds. The molecule has 2 fully saturated rings. The first kappa shape index (κ1) is 39.3. The van der Waals surface area contributed by atoms with Crippen molar-refractivity contribution < 1.29 is 23.9 Å². The van der Waals surface area contributed by atoms with Gasteiger partial charge in [-0.3, -0.25) is 14.4 Å². The number of alkyl carbamates (subject to hydrolysis) is 1. The maximum atomic E-state index is 13.6. The largest absolute Gasteiger partial charge is 0.453 e. The topological polar surface area (TPSA) is 165 Å². The summed E-state index contributed by atoms with van der Waals surface area (Å²) < 4.78 is 4.77. The third kappa shape index (κ3) is 8.01. The summed E-state index contributed by atoms with van der Waals surface area (Å²) in [4.78, 5) is 70.3. The molecule has 4 atom stereocenters. The summed E-state index contributed by atoms with van der Waals surface area (Å²) in [7, 11) is 1.29. The Morgan fingerprint density at radius 3 is 2.07 bits per heavy atom. The summed E-state index contributed by atoms with van der Waals surface area (Å²) in [6.07, 6.45) is 7.04. The number of nitrogens with zero attached hydrogens (tertiary/aromatic N) is 4. The first-order chi connectivity index (χ1) is 27.5. The Labute approximate surface area is 333 Å². The number of carbonyl (C=O) groups excluding carboxylic acids is 4. The van der Waals surface area contributed by atoms with E-state index in [0.717, 1.165) is 87.3 Å². The van der Waals surface area contributed by atoms with E-state index in [1.165, 1.54) is 7.11 Å². The zero-order chi connectivity index (χ0) is 40.4. The van der Waals surface area contributed by atoms with Crippen LogP contribution in [0.2, 0.25) is 0 Å². The second-order valence-electron chi connectivity index (χ2n) is 15.9. The van der Waals surface area contributed by atoms with Crippen LogP contribution in [-0.4, -0.2) is 86.3 Å². The normalized spacial score (nSPS) is 18.0. The second kappa shape index (κ2) is 16.6. The van der Waals surface area contributed by atoms with E-state index in [4.69, 9.17) is 14.7 Å². The van der Waals surface area contributed by atoms with Gasteiger partial charge in [0.2, 0.25) is 18.2 Å². The van der Waals surface area contributed by atoms with Crippen molar-refractivity contribution >= 4 is 35.1 Å². The molecule has 0 unspecified atom stereocenters. The Kier molecular flexibility index (Phi) is 11.5. The quantitative estimate of drug-likeness (QED) is 0.0985. The zero-order valence-electron chi connectivity index (χ0n) is 33.5. The summed E-state index contributed by atoms with van der Waals surface area (Å²) in [5.41, 5.74) is 7.05. The summed E-state index contributed by atoms with van der Waals surface area (Å²) in [6, 6.07) is 17.6. The van der Waals surface area contributed by atoms with Gasteiger partial charge in [0.15, 0.2) is 0 Å². The van der Waals surface area contributed by atoms with E-state index in [1.54, 1.807) is 0 Å². The van der Waals surface area contributed by atoms with E-state index in [2.05, 4.69) is 82.1 Å². The van der Waals surface area contributed by atoms with Gasteiger partial charge >= 0.3 is 6.09 Å². The van der Waals surface area contributed by atoms with E-state index in [0.29, 0.717) is 19.5 Å². The highest BCUT2D eigenvalue weighted by molar-refractivity contribution is 5.91. The van der Waals surface area contributed by atoms with Crippen LogP contribution in [0.5, 0.6) is 0 Å². The van der Waals surface area contributed by atoms with Gasteiger partial charge in [0.25, 0.3) is 0 Å². The van der Waals surface area contributed by atoms with Gasteiger partial charge in [-0.15, -0.1) is 0 Å². The van der Waals surface area contributed by atoms with Crippen LogP contribution in [0.3, 0.4) is 0 Å². The Hall–Kier alpha value is -5.98. The number of aromatic nitrogens is 4. The molecule has 0 spiro atoms. The minimum atomic E-state index is -0.686. The van der Waals surface area contributed by atoms with Crippen LogP contribution < -0.4 is 10.6 Å². The fourth-order valence-electron chi connectivity index (χ4n) is 8.34. The summed E-state index contributed by atoms with van der Waals surface area (Å²) in [5.74, 6) is 1.15. The van der Waals surface area contributed by atoms with Crippen LogP contribution in [0.4, 0.5) is 4.79 Å². The maximum Gasteiger partial charge on any atom is 0.407 e. The number of H-pyrrole nitrogens is 2. The van der Waals surface area contributed by atoms with E-state index in [9.17, 15) is 19.2 Å². The molecule has 57 heavy (non-hydrogen) atoms. The fraction of sp³-hybridized carbons (Fsp3) is 0.409. The number of likely N-dealkylation sites (tertiary alicyclic amines) is 2. The van der Waals surface area contributed by atoms with Gasteiger partial charge in [0, 0.05) is 24.8 Å². The van der Waals surface area contributed by atoms with Gasteiger partial charge in [-0.25, -0.2) is 14.8 Å². The molecule has 298 valence electrons. The average molecular weight is 773 g/mol. The van der Waals surface area contributed by atoms with Crippen LogP contribution in [0.1, 0.15) is 82.7 Å². The summed E-state index contributed by atoms with van der Waals surface area (Å²) in [5, 5.41) is 7.61. The molecule has 5 aromatic rings. The van der Waals surface area contributed by atoms with Crippen LogP contribution in [0.15, 0.2) is 67.0 Å². The Morgan fingerprint density at radius 1 is 0.825 bits per heavy atom. The Balaban J connectivity index is 1.05. The van der Waals surface area contributed by atoms with E-state index in [1.807, 2.05) is 49.9 Å². The molecule has 13 nitrogen and oxygen atoms in total. The number of imidazole rings is 2. The van der Waals surface area contributed by atoms with Crippen LogP contribution in [-0.2, 0) is 19.1 Å². The van der Waals surface area contributed by atoms with E-state index >= 15 is 0 Å².